The van der Waals surface area contributed by atoms with Crippen molar-refractivity contribution in [2.45, 2.75) is 40.5 Å². The van der Waals surface area contributed by atoms with Gasteiger partial charge in [-0.15, -0.1) is 0 Å². The number of anilines is 1. The molecule has 0 aromatic heterocycles. The average Bonchev–Trinajstić information content (AvgIpc) is 2.39. The van der Waals surface area contributed by atoms with Crippen molar-refractivity contribution in [2.24, 2.45) is 11.8 Å². The number of carbonyl (C=O) groups is 2. The van der Waals surface area contributed by atoms with Gasteiger partial charge >= 0.3 is 0 Å². The zero-order chi connectivity index (χ0) is 14.9. The molecular formula is C17H23NO2. The number of aryl methyl sites for hydroxylation is 2. The van der Waals surface area contributed by atoms with Crippen LogP contribution in [-0.2, 0) is 9.59 Å². The van der Waals surface area contributed by atoms with Gasteiger partial charge in [-0.3, -0.25) is 9.59 Å². The number of rotatable bonds is 3. The fourth-order valence-corrected chi connectivity index (χ4v) is 2.89. The smallest absolute Gasteiger partial charge is 0.237 e. The number of hydrogen-bond acceptors (Lipinski definition) is 2. The number of ketones is 1. The fraction of sp³-hybridized carbons (Fsp3) is 0.529. The molecule has 20 heavy (non-hydrogen) atoms. The van der Waals surface area contributed by atoms with Crippen molar-refractivity contribution in [1.29, 1.82) is 0 Å². The summed E-state index contributed by atoms with van der Waals surface area (Å²) in [6, 6.07) is 6.09. The lowest BCUT2D eigenvalue weighted by atomic mass is 9.87. The summed E-state index contributed by atoms with van der Waals surface area (Å²) in [5.41, 5.74) is 3.23. The SMILES string of the molecule is Cc1ccc(N2CCC[C@H](C(=O)C(C)C)C2=O)c(C)c1. The lowest BCUT2D eigenvalue weighted by Gasteiger charge is -2.33. The van der Waals surface area contributed by atoms with E-state index < -0.39 is 5.92 Å². The van der Waals surface area contributed by atoms with Crippen molar-refractivity contribution in [3.8, 4) is 0 Å². The highest BCUT2D eigenvalue weighted by Crippen LogP contribution is 2.29. The predicted molar refractivity (Wildman–Crippen MR) is 80.8 cm³/mol. The van der Waals surface area contributed by atoms with Gasteiger partial charge < -0.3 is 4.90 Å². The summed E-state index contributed by atoms with van der Waals surface area (Å²) in [5, 5.41) is 0. The summed E-state index contributed by atoms with van der Waals surface area (Å²) >= 11 is 0. The minimum Gasteiger partial charge on any atom is -0.312 e. The maximum atomic E-state index is 12.6. The minimum absolute atomic E-state index is 0.0260. The van der Waals surface area contributed by atoms with Crippen LogP contribution >= 0.6 is 0 Å². The molecule has 1 aliphatic heterocycles. The Morgan fingerprint density at radius 3 is 2.60 bits per heavy atom. The first-order valence-electron chi connectivity index (χ1n) is 7.34. The normalized spacial score (nSPS) is 19.6. The molecule has 1 heterocycles. The van der Waals surface area contributed by atoms with E-state index in [2.05, 4.69) is 6.07 Å². The van der Waals surface area contributed by atoms with E-state index in [-0.39, 0.29) is 17.6 Å². The highest BCUT2D eigenvalue weighted by Gasteiger charge is 2.35. The van der Waals surface area contributed by atoms with Gasteiger partial charge in [0.05, 0.1) is 5.92 Å². The molecule has 108 valence electrons. The molecule has 3 nitrogen and oxygen atoms in total. The van der Waals surface area contributed by atoms with Gasteiger partial charge in [0, 0.05) is 18.2 Å². The number of hydrogen-bond donors (Lipinski definition) is 0. The standard InChI is InChI=1S/C17H23NO2/c1-11(2)16(19)14-6-5-9-18(17(14)20)15-8-7-12(3)10-13(15)4/h7-8,10-11,14H,5-6,9H2,1-4H3/t14-/m1/s1. The predicted octanol–water partition coefficient (Wildman–Crippen LogP) is 3.27. The Labute approximate surface area is 121 Å². The summed E-state index contributed by atoms with van der Waals surface area (Å²) in [4.78, 5) is 26.6. The molecule has 1 amide bonds. The Kier molecular flexibility index (Phi) is 4.26. The maximum Gasteiger partial charge on any atom is 0.237 e. The molecule has 0 saturated carbocycles. The van der Waals surface area contributed by atoms with E-state index in [1.165, 1.54) is 5.56 Å². The van der Waals surface area contributed by atoms with Crippen molar-refractivity contribution in [3.63, 3.8) is 0 Å². The van der Waals surface area contributed by atoms with Crippen LogP contribution in [-0.4, -0.2) is 18.2 Å². The number of nitrogens with zero attached hydrogens (tertiary/aromatic N) is 1. The van der Waals surface area contributed by atoms with Crippen LogP contribution in [0.25, 0.3) is 0 Å². The van der Waals surface area contributed by atoms with Crippen LogP contribution in [0.1, 0.15) is 37.8 Å². The van der Waals surface area contributed by atoms with Gasteiger partial charge in [-0.05, 0) is 38.3 Å². The summed E-state index contributed by atoms with van der Waals surface area (Å²) in [7, 11) is 0. The topological polar surface area (TPSA) is 37.4 Å². The molecule has 2 rings (SSSR count). The van der Waals surface area contributed by atoms with E-state index in [4.69, 9.17) is 0 Å². The molecular weight excluding hydrogens is 250 g/mol. The Morgan fingerprint density at radius 2 is 2.00 bits per heavy atom. The Bertz CT molecular complexity index is 534. The van der Waals surface area contributed by atoms with Gasteiger partial charge in [-0.25, -0.2) is 0 Å². The number of Topliss-reactive ketones (excluding diaryl/α,β-unsaturated/α-hetero) is 1. The van der Waals surface area contributed by atoms with Crippen LogP contribution < -0.4 is 4.90 Å². The van der Waals surface area contributed by atoms with Crippen LogP contribution in [0.15, 0.2) is 18.2 Å². The molecule has 0 N–H and O–H groups in total. The third-order valence-corrected chi connectivity index (χ3v) is 3.99. The summed E-state index contributed by atoms with van der Waals surface area (Å²) < 4.78 is 0. The second-order valence-electron chi connectivity index (χ2n) is 6.03. The van der Waals surface area contributed by atoms with Crippen LogP contribution in [0.4, 0.5) is 5.69 Å². The molecule has 0 radical (unpaired) electrons. The van der Waals surface area contributed by atoms with E-state index in [9.17, 15) is 9.59 Å². The van der Waals surface area contributed by atoms with Crippen LogP contribution in [0, 0.1) is 25.7 Å². The number of carbonyl (C=O) groups excluding carboxylic acids is 2. The molecule has 1 fully saturated rings. The first kappa shape index (κ1) is 14.8. The van der Waals surface area contributed by atoms with Gasteiger partial charge in [0.1, 0.15) is 5.78 Å². The fourth-order valence-electron chi connectivity index (χ4n) is 2.89. The van der Waals surface area contributed by atoms with Crippen molar-refractivity contribution in [2.75, 3.05) is 11.4 Å². The monoisotopic (exact) mass is 273 g/mol. The highest BCUT2D eigenvalue weighted by atomic mass is 16.2. The quantitative estimate of drug-likeness (QED) is 0.793. The molecule has 0 spiro atoms. The Morgan fingerprint density at radius 1 is 1.30 bits per heavy atom. The minimum atomic E-state index is -0.454. The third kappa shape index (κ3) is 2.77. The lowest BCUT2D eigenvalue weighted by molar-refractivity contribution is -0.135. The second kappa shape index (κ2) is 5.78. The van der Waals surface area contributed by atoms with E-state index >= 15 is 0 Å². The molecule has 1 aromatic carbocycles. The van der Waals surface area contributed by atoms with Crippen molar-refractivity contribution < 1.29 is 9.59 Å². The third-order valence-electron chi connectivity index (χ3n) is 3.99. The van der Waals surface area contributed by atoms with E-state index in [0.717, 1.165) is 17.7 Å². The van der Waals surface area contributed by atoms with Gasteiger partial charge in [-0.2, -0.15) is 0 Å². The van der Waals surface area contributed by atoms with Crippen LogP contribution in [0.5, 0.6) is 0 Å². The van der Waals surface area contributed by atoms with E-state index in [1.807, 2.05) is 39.8 Å². The Balaban J connectivity index is 2.28. The Hall–Kier alpha value is -1.64. The molecule has 3 heteroatoms. The van der Waals surface area contributed by atoms with Crippen molar-refractivity contribution in [1.82, 2.24) is 0 Å². The van der Waals surface area contributed by atoms with E-state index in [1.54, 1.807) is 4.90 Å². The molecule has 0 bridgehead atoms. The molecule has 1 atom stereocenters. The number of benzene rings is 1. The molecule has 0 aliphatic carbocycles. The lowest BCUT2D eigenvalue weighted by Crippen LogP contribution is -2.45. The second-order valence-corrected chi connectivity index (χ2v) is 6.03. The van der Waals surface area contributed by atoms with Crippen molar-refractivity contribution in [3.05, 3.63) is 29.3 Å². The van der Waals surface area contributed by atoms with Crippen molar-refractivity contribution >= 4 is 17.4 Å². The van der Waals surface area contributed by atoms with Crippen LogP contribution in [0.3, 0.4) is 0 Å². The van der Waals surface area contributed by atoms with Gasteiger partial charge in [0.2, 0.25) is 5.91 Å². The number of piperidine rings is 1. The van der Waals surface area contributed by atoms with Crippen LogP contribution in [0.2, 0.25) is 0 Å². The first-order chi connectivity index (χ1) is 9.41. The summed E-state index contributed by atoms with van der Waals surface area (Å²) in [6.45, 7) is 8.51. The summed E-state index contributed by atoms with van der Waals surface area (Å²) in [6.07, 6.45) is 1.58. The molecule has 1 aliphatic rings. The largest absolute Gasteiger partial charge is 0.312 e. The van der Waals surface area contributed by atoms with Gasteiger partial charge in [0.15, 0.2) is 0 Å². The first-order valence-corrected chi connectivity index (χ1v) is 7.34. The zero-order valence-electron chi connectivity index (χ0n) is 12.8. The number of amides is 1. The maximum absolute atomic E-state index is 12.6. The molecule has 1 saturated heterocycles. The molecule has 0 unspecified atom stereocenters. The summed E-state index contributed by atoms with van der Waals surface area (Å²) in [5.74, 6) is -0.487. The average molecular weight is 273 g/mol. The van der Waals surface area contributed by atoms with E-state index in [0.29, 0.717) is 13.0 Å². The van der Waals surface area contributed by atoms with Gasteiger partial charge in [0.25, 0.3) is 0 Å². The zero-order valence-corrected chi connectivity index (χ0v) is 12.8. The van der Waals surface area contributed by atoms with Gasteiger partial charge in [-0.1, -0.05) is 31.5 Å². The molecule has 1 aromatic rings. The highest BCUT2D eigenvalue weighted by molar-refractivity contribution is 6.09.